The Morgan fingerprint density at radius 2 is 1.88 bits per heavy atom. The molecule has 0 fully saturated rings. The molecular weight excluding hydrogens is 306 g/mol. The number of rotatable bonds is 7. The Hall–Kier alpha value is -3.05. The van der Waals surface area contributed by atoms with Crippen molar-refractivity contribution in [1.82, 2.24) is 5.48 Å². The largest absolute Gasteiger partial charge is 0.493 e. The average molecular weight is 325 g/mol. The SMILES string of the molecule is COc1cc(/C=C/C(=O)NO)ccc1OCC=Cc1ccccc1. The Kier molecular flexibility index (Phi) is 6.61. The van der Waals surface area contributed by atoms with Crippen LogP contribution in [-0.4, -0.2) is 24.8 Å². The molecule has 5 nitrogen and oxygen atoms in total. The third-order valence-electron chi connectivity index (χ3n) is 3.17. The number of amides is 1. The quantitative estimate of drug-likeness (QED) is 0.465. The van der Waals surface area contributed by atoms with Gasteiger partial charge >= 0.3 is 0 Å². The van der Waals surface area contributed by atoms with Gasteiger partial charge in [-0.1, -0.05) is 42.5 Å². The Balaban J connectivity index is 1.98. The molecule has 0 radical (unpaired) electrons. The molecule has 1 amide bonds. The van der Waals surface area contributed by atoms with Crippen molar-refractivity contribution in [2.75, 3.05) is 13.7 Å². The summed E-state index contributed by atoms with van der Waals surface area (Å²) in [6, 6.07) is 15.3. The van der Waals surface area contributed by atoms with Crippen molar-refractivity contribution in [2.24, 2.45) is 0 Å². The van der Waals surface area contributed by atoms with Gasteiger partial charge in [-0.05, 0) is 35.4 Å². The van der Waals surface area contributed by atoms with E-state index in [4.69, 9.17) is 14.7 Å². The fourth-order valence-corrected chi connectivity index (χ4v) is 2.00. The van der Waals surface area contributed by atoms with Gasteiger partial charge in [0.2, 0.25) is 0 Å². The van der Waals surface area contributed by atoms with Crippen molar-refractivity contribution in [3.05, 3.63) is 71.8 Å². The normalized spacial score (nSPS) is 10.9. The van der Waals surface area contributed by atoms with Crippen LogP contribution in [0.5, 0.6) is 11.5 Å². The number of hydrogen-bond acceptors (Lipinski definition) is 4. The topological polar surface area (TPSA) is 67.8 Å². The van der Waals surface area contributed by atoms with E-state index in [2.05, 4.69) is 0 Å². The summed E-state index contributed by atoms with van der Waals surface area (Å²) < 4.78 is 11.0. The second-order valence-electron chi connectivity index (χ2n) is 4.84. The molecule has 0 aromatic heterocycles. The number of benzene rings is 2. The predicted molar refractivity (Wildman–Crippen MR) is 92.9 cm³/mol. The maximum Gasteiger partial charge on any atom is 0.267 e. The van der Waals surface area contributed by atoms with E-state index in [-0.39, 0.29) is 0 Å². The van der Waals surface area contributed by atoms with Gasteiger partial charge in [0, 0.05) is 6.08 Å². The zero-order chi connectivity index (χ0) is 17.2. The molecule has 0 unspecified atom stereocenters. The van der Waals surface area contributed by atoms with Crippen LogP contribution in [0.3, 0.4) is 0 Å². The summed E-state index contributed by atoms with van der Waals surface area (Å²) in [7, 11) is 1.55. The van der Waals surface area contributed by atoms with Crippen LogP contribution >= 0.6 is 0 Å². The Labute approximate surface area is 140 Å². The highest BCUT2D eigenvalue weighted by molar-refractivity contribution is 5.90. The molecule has 0 aliphatic heterocycles. The fourth-order valence-electron chi connectivity index (χ4n) is 2.00. The molecule has 5 heteroatoms. The summed E-state index contributed by atoms with van der Waals surface area (Å²) in [5.41, 5.74) is 3.39. The van der Waals surface area contributed by atoms with E-state index in [0.717, 1.165) is 11.1 Å². The maximum atomic E-state index is 11.0. The summed E-state index contributed by atoms with van der Waals surface area (Å²) in [5.74, 6) is 0.578. The van der Waals surface area contributed by atoms with Gasteiger partial charge in [0.1, 0.15) is 6.61 Å². The van der Waals surface area contributed by atoms with E-state index < -0.39 is 5.91 Å². The minimum atomic E-state index is -0.597. The van der Waals surface area contributed by atoms with Crippen molar-refractivity contribution in [1.29, 1.82) is 0 Å². The average Bonchev–Trinajstić information content (AvgIpc) is 2.64. The van der Waals surface area contributed by atoms with E-state index in [0.29, 0.717) is 18.1 Å². The second kappa shape index (κ2) is 9.17. The molecule has 0 spiro atoms. The minimum absolute atomic E-state index is 0.410. The van der Waals surface area contributed by atoms with Gasteiger partial charge in [-0.3, -0.25) is 10.0 Å². The zero-order valence-electron chi connectivity index (χ0n) is 13.3. The molecular formula is C19H19NO4. The molecule has 0 heterocycles. The van der Waals surface area contributed by atoms with Crippen LogP contribution in [0.4, 0.5) is 0 Å². The van der Waals surface area contributed by atoms with Crippen LogP contribution in [0.25, 0.3) is 12.2 Å². The second-order valence-corrected chi connectivity index (χ2v) is 4.84. The lowest BCUT2D eigenvalue weighted by Crippen LogP contribution is -2.14. The molecule has 2 aromatic carbocycles. The first-order valence-electron chi connectivity index (χ1n) is 7.37. The molecule has 2 N–H and O–H groups in total. The molecule has 0 atom stereocenters. The van der Waals surface area contributed by atoms with Gasteiger partial charge in [0.25, 0.3) is 5.91 Å². The standard InChI is InChI=1S/C19H19NO4/c1-23-18-14-16(10-12-19(21)20-22)9-11-17(18)24-13-5-8-15-6-3-2-4-7-15/h2-12,14,22H,13H2,1H3,(H,20,21)/b8-5?,12-10+. The summed E-state index contributed by atoms with van der Waals surface area (Å²) in [4.78, 5) is 11.0. The summed E-state index contributed by atoms with van der Waals surface area (Å²) >= 11 is 0. The number of hydrogen-bond donors (Lipinski definition) is 2. The molecule has 0 aliphatic rings. The van der Waals surface area contributed by atoms with Crippen LogP contribution in [-0.2, 0) is 4.79 Å². The van der Waals surface area contributed by atoms with E-state index in [1.165, 1.54) is 11.6 Å². The molecule has 0 saturated carbocycles. The van der Waals surface area contributed by atoms with Gasteiger partial charge in [-0.15, -0.1) is 0 Å². The molecule has 124 valence electrons. The van der Waals surface area contributed by atoms with Crippen LogP contribution in [0.2, 0.25) is 0 Å². The summed E-state index contributed by atoms with van der Waals surface area (Å²) in [6.07, 6.45) is 6.69. The molecule has 0 saturated heterocycles. The molecule has 0 aliphatic carbocycles. The summed E-state index contributed by atoms with van der Waals surface area (Å²) in [6.45, 7) is 0.410. The lowest BCUT2D eigenvalue weighted by Gasteiger charge is -2.10. The van der Waals surface area contributed by atoms with Gasteiger partial charge in [0.05, 0.1) is 7.11 Å². The summed E-state index contributed by atoms with van der Waals surface area (Å²) in [5, 5.41) is 8.46. The van der Waals surface area contributed by atoms with Crippen molar-refractivity contribution >= 4 is 18.1 Å². The van der Waals surface area contributed by atoms with Crippen molar-refractivity contribution in [3.63, 3.8) is 0 Å². The third-order valence-corrected chi connectivity index (χ3v) is 3.17. The lowest BCUT2D eigenvalue weighted by molar-refractivity contribution is -0.124. The van der Waals surface area contributed by atoms with Gasteiger partial charge in [-0.2, -0.15) is 0 Å². The van der Waals surface area contributed by atoms with Crippen molar-refractivity contribution in [3.8, 4) is 11.5 Å². The number of hydroxylamine groups is 1. The van der Waals surface area contributed by atoms with Gasteiger partial charge < -0.3 is 9.47 Å². The van der Waals surface area contributed by atoms with Crippen LogP contribution < -0.4 is 15.0 Å². The molecule has 2 aromatic rings. The van der Waals surface area contributed by atoms with Crippen molar-refractivity contribution < 1.29 is 19.5 Å². The minimum Gasteiger partial charge on any atom is -0.493 e. The predicted octanol–water partition coefficient (Wildman–Crippen LogP) is 3.31. The van der Waals surface area contributed by atoms with Crippen LogP contribution in [0.15, 0.2) is 60.7 Å². The Bertz CT molecular complexity index is 723. The smallest absolute Gasteiger partial charge is 0.267 e. The number of carbonyl (C=O) groups is 1. The van der Waals surface area contributed by atoms with Crippen LogP contribution in [0.1, 0.15) is 11.1 Å². The first-order chi connectivity index (χ1) is 11.7. The van der Waals surface area contributed by atoms with Crippen molar-refractivity contribution in [2.45, 2.75) is 0 Å². The highest BCUT2D eigenvalue weighted by Gasteiger charge is 2.04. The monoisotopic (exact) mass is 325 g/mol. The van der Waals surface area contributed by atoms with Gasteiger partial charge in [0.15, 0.2) is 11.5 Å². The molecule has 0 bridgehead atoms. The van der Waals surface area contributed by atoms with E-state index >= 15 is 0 Å². The highest BCUT2D eigenvalue weighted by Crippen LogP contribution is 2.28. The maximum absolute atomic E-state index is 11.0. The Morgan fingerprint density at radius 3 is 2.58 bits per heavy atom. The highest BCUT2D eigenvalue weighted by atomic mass is 16.5. The first-order valence-corrected chi connectivity index (χ1v) is 7.37. The molecule has 24 heavy (non-hydrogen) atoms. The third kappa shape index (κ3) is 5.30. The fraction of sp³-hybridized carbons (Fsp3) is 0.105. The van der Waals surface area contributed by atoms with Gasteiger partial charge in [-0.25, -0.2) is 5.48 Å². The first kappa shape index (κ1) is 17.3. The number of ether oxygens (including phenoxy) is 2. The number of carbonyl (C=O) groups excluding carboxylic acids is 1. The van der Waals surface area contributed by atoms with E-state index in [1.807, 2.05) is 42.5 Å². The van der Waals surface area contributed by atoms with Crippen LogP contribution in [0, 0.1) is 0 Å². The number of nitrogens with one attached hydrogen (secondary N) is 1. The lowest BCUT2D eigenvalue weighted by atomic mass is 10.2. The van der Waals surface area contributed by atoms with E-state index in [1.54, 1.807) is 31.4 Å². The van der Waals surface area contributed by atoms with E-state index in [9.17, 15) is 4.79 Å². The molecule has 2 rings (SSSR count). The zero-order valence-corrected chi connectivity index (χ0v) is 13.3. The number of methoxy groups -OCH3 is 1. The Morgan fingerprint density at radius 1 is 1.08 bits per heavy atom.